The van der Waals surface area contributed by atoms with E-state index in [1.807, 2.05) is 0 Å². The van der Waals surface area contributed by atoms with Gasteiger partial charge in [-0.05, 0) is 30.5 Å². The molecule has 2 amide bonds. The number of halogens is 1. The summed E-state index contributed by atoms with van der Waals surface area (Å²) in [5.41, 5.74) is 0.582. The van der Waals surface area contributed by atoms with E-state index in [4.69, 9.17) is 0 Å². The van der Waals surface area contributed by atoms with Gasteiger partial charge in [0.1, 0.15) is 5.82 Å². The first-order valence-corrected chi connectivity index (χ1v) is 6.34. The first-order valence-electron chi connectivity index (χ1n) is 6.34. The molecule has 1 aromatic carbocycles. The predicted octanol–water partition coefficient (Wildman–Crippen LogP) is 1.79. The molecule has 0 saturated carbocycles. The molecule has 1 unspecified atom stereocenters. The Morgan fingerprint density at radius 3 is 2.32 bits per heavy atom. The molecule has 19 heavy (non-hydrogen) atoms. The lowest BCUT2D eigenvalue weighted by Gasteiger charge is -2.25. The van der Waals surface area contributed by atoms with Crippen LogP contribution in [0.4, 0.5) is 4.39 Å². The van der Waals surface area contributed by atoms with Gasteiger partial charge in [-0.25, -0.2) is 4.39 Å². The molecule has 0 spiro atoms. The van der Waals surface area contributed by atoms with Crippen LogP contribution in [0.15, 0.2) is 24.3 Å². The molecule has 0 bridgehead atoms. The van der Waals surface area contributed by atoms with E-state index in [2.05, 4.69) is 0 Å². The third kappa shape index (κ3) is 3.38. The van der Waals surface area contributed by atoms with Crippen molar-refractivity contribution >= 4 is 11.8 Å². The largest absolute Gasteiger partial charge is 0.388 e. The SMILES string of the molecule is O=C1CCCC(=O)N1CCC(O)c1ccc(F)cc1. The third-order valence-corrected chi connectivity index (χ3v) is 3.26. The molecular formula is C14H16FNO3. The van der Waals surface area contributed by atoms with Crippen molar-refractivity contribution in [3.05, 3.63) is 35.6 Å². The fourth-order valence-corrected chi connectivity index (χ4v) is 2.15. The molecule has 1 aliphatic rings. The Kier molecular flexibility index (Phi) is 4.27. The number of rotatable bonds is 4. The Hall–Kier alpha value is -1.75. The number of aliphatic hydroxyl groups is 1. The van der Waals surface area contributed by atoms with Crippen molar-refractivity contribution in [1.82, 2.24) is 4.90 Å². The number of hydrogen-bond acceptors (Lipinski definition) is 3. The van der Waals surface area contributed by atoms with Crippen molar-refractivity contribution in [2.75, 3.05) is 6.54 Å². The molecule has 0 aliphatic carbocycles. The van der Waals surface area contributed by atoms with E-state index in [9.17, 15) is 19.1 Å². The third-order valence-electron chi connectivity index (χ3n) is 3.26. The highest BCUT2D eigenvalue weighted by molar-refractivity contribution is 5.97. The van der Waals surface area contributed by atoms with Gasteiger partial charge in [-0.3, -0.25) is 14.5 Å². The van der Waals surface area contributed by atoms with Gasteiger partial charge in [0.05, 0.1) is 6.10 Å². The number of amides is 2. The van der Waals surface area contributed by atoms with Crippen LogP contribution in [0, 0.1) is 5.82 Å². The molecule has 1 aromatic rings. The van der Waals surface area contributed by atoms with Gasteiger partial charge in [0.2, 0.25) is 11.8 Å². The van der Waals surface area contributed by atoms with Gasteiger partial charge in [0, 0.05) is 19.4 Å². The number of likely N-dealkylation sites (tertiary alicyclic amines) is 1. The Morgan fingerprint density at radius 2 is 1.74 bits per heavy atom. The van der Waals surface area contributed by atoms with Gasteiger partial charge in [-0.15, -0.1) is 0 Å². The van der Waals surface area contributed by atoms with Crippen LogP contribution >= 0.6 is 0 Å². The number of aliphatic hydroxyl groups excluding tert-OH is 1. The van der Waals surface area contributed by atoms with E-state index in [1.54, 1.807) is 0 Å². The summed E-state index contributed by atoms with van der Waals surface area (Å²) in [7, 11) is 0. The Balaban J connectivity index is 1.92. The molecule has 4 nitrogen and oxygen atoms in total. The maximum absolute atomic E-state index is 12.8. The fourth-order valence-electron chi connectivity index (χ4n) is 2.15. The number of imide groups is 1. The average molecular weight is 265 g/mol. The van der Waals surface area contributed by atoms with Crippen LogP contribution in [0.5, 0.6) is 0 Å². The van der Waals surface area contributed by atoms with Crippen LogP contribution in [0.3, 0.4) is 0 Å². The lowest BCUT2D eigenvalue weighted by Crippen LogP contribution is -2.41. The lowest BCUT2D eigenvalue weighted by atomic mass is 10.0. The van der Waals surface area contributed by atoms with E-state index in [1.165, 1.54) is 29.2 Å². The lowest BCUT2D eigenvalue weighted by molar-refractivity contribution is -0.148. The van der Waals surface area contributed by atoms with Gasteiger partial charge in [-0.2, -0.15) is 0 Å². The zero-order valence-electron chi connectivity index (χ0n) is 10.5. The quantitative estimate of drug-likeness (QED) is 0.844. The highest BCUT2D eigenvalue weighted by atomic mass is 19.1. The zero-order chi connectivity index (χ0) is 13.8. The normalized spacial score (nSPS) is 17.7. The molecule has 0 radical (unpaired) electrons. The van der Waals surface area contributed by atoms with Crippen LogP contribution in [0.25, 0.3) is 0 Å². The topological polar surface area (TPSA) is 57.6 Å². The molecule has 2 rings (SSSR count). The first kappa shape index (κ1) is 13.7. The van der Waals surface area contributed by atoms with Crippen molar-refractivity contribution < 1.29 is 19.1 Å². The zero-order valence-corrected chi connectivity index (χ0v) is 10.5. The maximum atomic E-state index is 12.8. The van der Waals surface area contributed by atoms with E-state index in [0.29, 0.717) is 24.8 Å². The standard InChI is InChI=1S/C14H16FNO3/c15-11-6-4-10(5-7-11)12(17)8-9-16-13(18)2-1-3-14(16)19/h4-7,12,17H,1-3,8-9H2. The van der Waals surface area contributed by atoms with Crippen molar-refractivity contribution in [2.24, 2.45) is 0 Å². The van der Waals surface area contributed by atoms with E-state index < -0.39 is 6.10 Å². The Labute approximate surface area is 110 Å². The van der Waals surface area contributed by atoms with E-state index in [0.717, 1.165) is 0 Å². The summed E-state index contributed by atoms with van der Waals surface area (Å²) in [5.74, 6) is -0.720. The number of nitrogens with zero attached hydrogens (tertiary/aromatic N) is 1. The summed E-state index contributed by atoms with van der Waals surface area (Å²) in [4.78, 5) is 24.3. The number of benzene rings is 1. The van der Waals surface area contributed by atoms with Crippen LogP contribution in [0.1, 0.15) is 37.4 Å². The van der Waals surface area contributed by atoms with Gasteiger partial charge in [0.15, 0.2) is 0 Å². The second-order valence-electron chi connectivity index (χ2n) is 4.65. The van der Waals surface area contributed by atoms with Gasteiger partial charge >= 0.3 is 0 Å². The molecule has 1 heterocycles. The van der Waals surface area contributed by atoms with Crippen molar-refractivity contribution in [1.29, 1.82) is 0 Å². The van der Waals surface area contributed by atoms with E-state index >= 15 is 0 Å². The number of carbonyl (C=O) groups is 2. The Morgan fingerprint density at radius 1 is 1.16 bits per heavy atom. The Bertz CT molecular complexity index is 456. The molecule has 5 heteroatoms. The minimum absolute atomic E-state index is 0.178. The smallest absolute Gasteiger partial charge is 0.229 e. The molecule has 1 aliphatic heterocycles. The van der Waals surface area contributed by atoms with Crippen molar-refractivity contribution in [3.63, 3.8) is 0 Å². The predicted molar refractivity (Wildman–Crippen MR) is 66.5 cm³/mol. The van der Waals surface area contributed by atoms with Gasteiger partial charge < -0.3 is 5.11 Å². The van der Waals surface area contributed by atoms with Gasteiger partial charge in [-0.1, -0.05) is 12.1 Å². The van der Waals surface area contributed by atoms with Crippen LogP contribution in [-0.2, 0) is 9.59 Å². The monoisotopic (exact) mass is 265 g/mol. The fraction of sp³-hybridized carbons (Fsp3) is 0.429. The molecule has 1 N–H and O–H groups in total. The summed E-state index contributed by atoms with van der Waals surface area (Å²) in [6.07, 6.45) is 0.845. The molecule has 0 aromatic heterocycles. The molecular weight excluding hydrogens is 249 g/mol. The van der Waals surface area contributed by atoms with Crippen LogP contribution < -0.4 is 0 Å². The molecule has 1 fully saturated rings. The van der Waals surface area contributed by atoms with Crippen LogP contribution in [-0.4, -0.2) is 28.4 Å². The average Bonchev–Trinajstić information content (AvgIpc) is 2.38. The van der Waals surface area contributed by atoms with Gasteiger partial charge in [0.25, 0.3) is 0 Å². The number of hydrogen-bond donors (Lipinski definition) is 1. The minimum atomic E-state index is -0.803. The summed E-state index contributed by atoms with van der Waals surface area (Å²) in [5, 5.41) is 9.94. The van der Waals surface area contributed by atoms with Crippen molar-refractivity contribution in [2.45, 2.75) is 31.8 Å². The molecule has 1 saturated heterocycles. The summed E-state index contributed by atoms with van der Waals surface area (Å²) >= 11 is 0. The first-order chi connectivity index (χ1) is 9.08. The van der Waals surface area contributed by atoms with Crippen LogP contribution in [0.2, 0.25) is 0 Å². The highest BCUT2D eigenvalue weighted by Crippen LogP contribution is 2.19. The summed E-state index contributed by atoms with van der Waals surface area (Å²) in [6, 6.07) is 5.55. The summed E-state index contributed by atoms with van der Waals surface area (Å²) in [6.45, 7) is 0.205. The highest BCUT2D eigenvalue weighted by Gasteiger charge is 2.26. The minimum Gasteiger partial charge on any atom is -0.388 e. The molecule has 102 valence electrons. The van der Waals surface area contributed by atoms with Crippen molar-refractivity contribution in [3.8, 4) is 0 Å². The van der Waals surface area contributed by atoms with E-state index in [-0.39, 0.29) is 30.6 Å². The summed E-state index contributed by atoms with van der Waals surface area (Å²) < 4.78 is 12.8. The second-order valence-corrected chi connectivity index (χ2v) is 4.65. The number of piperidine rings is 1. The maximum Gasteiger partial charge on any atom is 0.229 e. The second kappa shape index (κ2) is 5.93. The number of carbonyl (C=O) groups excluding carboxylic acids is 2. The molecule has 1 atom stereocenters.